The number of benzene rings is 3. The van der Waals surface area contributed by atoms with Crippen molar-refractivity contribution in [2.45, 2.75) is 43.9 Å². The van der Waals surface area contributed by atoms with Crippen molar-refractivity contribution in [1.29, 1.82) is 5.26 Å². The first-order valence-corrected chi connectivity index (χ1v) is 14.1. The van der Waals surface area contributed by atoms with Crippen molar-refractivity contribution in [3.8, 4) is 17.6 Å². The fraction of sp³-hybridized carbons (Fsp3) is 0.343. The summed E-state index contributed by atoms with van der Waals surface area (Å²) in [5, 5.41) is 10.3. The third-order valence-electron chi connectivity index (χ3n) is 8.95. The van der Waals surface area contributed by atoms with E-state index in [9.17, 15) is 5.26 Å². The number of methoxy groups -OCH3 is 2. The van der Waals surface area contributed by atoms with Crippen LogP contribution in [-0.4, -0.2) is 38.8 Å². The molecule has 1 saturated heterocycles. The number of likely N-dealkylation sites (tertiary alicyclic amines) is 1. The normalized spacial score (nSPS) is 19.5. The Labute approximate surface area is 244 Å². The zero-order valence-electron chi connectivity index (χ0n) is 23.4. The number of ether oxygens (including phenoxy) is 2. The van der Waals surface area contributed by atoms with Gasteiger partial charge in [0.05, 0.1) is 25.7 Å². The highest BCUT2D eigenvalue weighted by atomic mass is 35.5. The highest BCUT2D eigenvalue weighted by molar-refractivity contribution is 5.94. The van der Waals surface area contributed by atoms with Crippen molar-refractivity contribution in [3.63, 3.8) is 0 Å². The van der Waals surface area contributed by atoms with Gasteiger partial charge >= 0.3 is 0 Å². The lowest BCUT2D eigenvalue weighted by Gasteiger charge is -2.31. The van der Waals surface area contributed by atoms with Crippen LogP contribution in [0.3, 0.4) is 0 Å². The number of piperidine rings is 1. The molecule has 0 saturated carbocycles. The molecule has 1 fully saturated rings. The van der Waals surface area contributed by atoms with Gasteiger partial charge in [0.2, 0.25) is 0 Å². The van der Waals surface area contributed by atoms with E-state index in [1.54, 1.807) is 19.8 Å². The van der Waals surface area contributed by atoms with Gasteiger partial charge in [-0.25, -0.2) is 0 Å². The molecule has 0 amide bonds. The van der Waals surface area contributed by atoms with Crippen LogP contribution in [0.4, 0.5) is 0 Å². The third kappa shape index (κ3) is 5.05. The lowest BCUT2D eigenvalue weighted by molar-refractivity contribution is 0.245. The Hall–Kier alpha value is -3.52. The SMILES string of the molecule is COc1cc2c(cc1OC)C(C#N)(CCCN1CCC(=C3c4ccccc4C=Cc4ccccc43)CC1)CC2.Cl. The van der Waals surface area contributed by atoms with E-state index in [4.69, 9.17) is 9.47 Å². The van der Waals surface area contributed by atoms with E-state index in [0.29, 0.717) is 5.75 Å². The van der Waals surface area contributed by atoms with Crippen molar-refractivity contribution < 1.29 is 9.47 Å². The maximum Gasteiger partial charge on any atom is 0.161 e. The largest absolute Gasteiger partial charge is 0.493 e. The number of nitrogens with zero attached hydrogens (tertiary/aromatic N) is 2. The third-order valence-corrected chi connectivity index (χ3v) is 8.95. The van der Waals surface area contributed by atoms with Crippen molar-refractivity contribution in [2.24, 2.45) is 0 Å². The fourth-order valence-corrected chi connectivity index (χ4v) is 6.83. The van der Waals surface area contributed by atoms with Crippen LogP contribution in [0.1, 0.15) is 65.5 Å². The molecular formula is C35H37ClN2O2. The monoisotopic (exact) mass is 552 g/mol. The topological polar surface area (TPSA) is 45.5 Å². The van der Waals surface area contributed by atoms with Crippen LogP contribution in [0.25, 0.3) is 17.7 Å². The molecule has 1 atom stereocenters. The van der Waals surface area contributed by atoms with Crippen LogP contribution in [0.15, 0.2) is 66.2 Å². The number of hydrogen-bond donors (Lipinski definition) is 0. The van der Waals surface area contributed by atoms with Crippen LogP contribution < -0.4 is 9.47 Å². The summed E-state index contributed by atoms with van der Waals surface area (Å²) >= 11 is 0. The fourth-order valence-electron chi connectivity index (χ4n) is 6.83. The van der Waals surface area contributed by atoms with E-state index in [-0.39, 0.29) is 12.4 Å². The van der Waals surface area contributed by atoms with E-state index in [1.807, 2.05) is 6.07 Å². The molecule has 0 bridgehead atoms. The van der Waals surface area contributed by atoms with E-state index in [1.165, 1.54) is 33.4 Å². The van der Waals surface area contributed by atoms with E-state index < -0.39 is 5.41 Å². The van der Waals surface area contributed by atoms with Gasteiger partial charge in [0.25, 0.3) is 0 Å². The lowest BCUT2D eigenvalue weighted by atomic mass is 9.79. The maximum atomic E-state index is 10.3. The zero-order valence-corrected chi connectivity index (χ0v) is 24.2. The molecule has 0 radical (unpaired) electrons. The molecule has 40 heavy (non-hydrogen) atoms. The zero-order chi connectivity index (χ0) is 26.8. The quantitative estimate of drug-likeness (QED) is 0.246. The van der Waals surface area contributed by atoms with Crippen LogP contribution in [-0.2, 0) is 11.8 Å². The molecular weight excluding hydrogens is 516 g/mol. The lowest BCUT2D eigenvalue weighted by Crippen LogP contribution is -2.33. The second-order valence-corrected chi connectivity index (χ2v) is 11.0. The molecule has 0 N–H and O–H groups in total. The van der Waals surface area contributed by atoms with Gasteiger partial charge in [0.15, 0.2) is 11.5 Å². The number of halogens is 1. The van der Waals surface area contributed by atoms with E-state index in [2.05, 4.69) is 77.7 Å². The van der Waals surface area contributed by atoms with E-state index in [0.717, 1.165) is 69.5 Å². The first kappa shape index (κ1) is 28.0. The van der Waals surface area contributed by atoms with Gasteiger partial charge in [-0.05, 0) is 96.2 Å². The minimum absolute atomic E-state index is 0. The highest BCUT2D eigenvalue weighted by Gasteiger charge is 2.40. The molecule has 0 spiro atoms. The Morgan fingerprint density at radius 3 is 2.05 bits per heavy atom. The summed E-state index contributed by atoms with van der Waals surface area (Å²) in [6, 6.07) is 24.4. The summed E-state index contributed by atoms with van der Waals surface area (Å²) in [6.45, 7) is 3.17. The van der Waals surface area contributed by atoms with Crippen LogP contribution >= 0.6 is 12.4 Å². The second-order valence-electron chi connectivity index (χ2n) is 11.0. The average molecular weight is 553 g/mol. The van der Waals surface area contributed by atoms with E-state index >= 15 is 0 Å². The minimum atomic E-state index is -0.432. The smallest absolute Gasteiger partial charge is 0.161 e. The van der Waals surface area contributed by atoms with Gasteiger partial charge in [-0.2, -0.15) is 5.26 Å². The van der Waals surface area contributed by atoms with Crippen LogP contribution in [0.2, 0.25) is 0 Å². The molecule has 3 aliphatic rings. The molecule has 3 aromatic carbocycles. The van der Waals surface area contributed by atoms with Gasteiger partial charge in [-0.3, -0.25) is 0 Å². The Morgan fingerprint density at radius 1 is 0.850 bits per heavy atom. The molecule has 2 aliphatic carbocycles. The minimum Gasteiger partial charge on any atom is -0.493 e. The van der Waals surface area contributed by atoms with Gasteiger partial charge in [0.1, 0.15) is 0 Å². The highest BCUT2D eigenvalue weighted by Crippen LogP contribution is 2.46. The van der Waals surface area contributed by atoms with Crippen molar-refractivity contribution in [1.82, 2.24) is 4.90 Å². The number of aryl methyl sites for hydroxylation is 1. The molecule has 1 heterocycles. The summed E-state index contributed by atoms with van der Waals surface area (Å²) < 4.78 is 11.1. The maximum absolute atomic E-state index is 10.3. The van der Waals surface area contributed by atoms with Gasteiger partial charge in [-0.15, -0.1) is 12.4 Å². The number of hydrogen-bond acceptors (Lipinski definition) is 4. The molecule has 206 valence electrons. The van der Waals surface area contributed by atoms with Gasteiger partial charge in [0, 0.05) is 13.1 Å². The number of nitriles is 1. The molecule has 5 heteroatoms. The second kappa shape index (κ2) is 11.9. The summed E-state index contributed by atoms with van der Waals surface area (Å²) in [7, 11) is 3.33. The average Bonchev–Trinajstić information content (AvgIpc) is 3.25. The summed E-state index contributed by atoms with van der Waals surface area (Å²) in [5.41, 5.74) is 10.2. The summed E-state index contributed by atoms with van der Waals surface area (Å²) in [4.78, 5) is 2.59. The summed E-state index contributed by atoms with van der Waals surface area (Å²) in [6.07, 6.45) is 10.4. The first-order valence-electron chi connectivity index (χ1n) is 14.1. The Bertz CT molecular complexity index is 1440. The predicted molar refractivity (Wildman–Crippen MR) is 165 cm³/mol. The van der Waals surface area contributed by atoms with Crippen molar-refractivity contribution in [3.05, 3.63) is 99.6 Å². The molecule has 0 aromatic heterocycles. The summed E-state index contributed by atoms with van der Waals surface area (Å²) in [5.74, 6) is 1.46. The predicted octanol–water partition coefficient (Wildman–Crippen LogP) is 7.70. The Kier molecular flexibility index (Phi) is 8.35. The van der Waals surface area contributed by atoms with Crippen molar-refractivity contribution in [2.75, 3.05) is 33.9 Å². The Balaban J connectivity index is 0.00000323. The molecule has 3 aromatic rings. The molecule has 6 rings (SSSR count). The molecule has 1 aliphatic heterocycles. The number of fused-ring (bicyclic) bond motifs is 3. The van der Waals surface area contributed by atoms with Crippen LogP contribution in [0, 0.1) is 11.3 Å². The first-order chi connectivity index (χ1) is 19.2. The molecule has 4 nitrogen and oxygen atoms in total. The number of rotatable bonds is 6. The molecule has 1 unspecified atom stereocenters. The van der Waals surface area contributed by atoms with Gasteiger partial charge < -0.3 is 14.4 Å². The van der Waals surface area contributed by atoms with Crippen molar-refractivity contribution >= 4 is 30.1 Å². The van der Waals surface area contributed by atoms with Gasteiger partial charge in [-0.1, -0.05) is 66.3 Å². The Morgan fingerprint density at radius 2 is 1.45 bits per heavy atom. The van der Waals surface area contributed by atoms with Crippen LogP contribution in [0.5, 0.6) is 11.5 Å². The standard InChI is InChI=1S/C35H36N2O2.ClH/c1-38-32-22-28-14-18-35(24-36,31(28)23-33(32)39-2)17-7-19-37-20-15-27(16-21-37)34-29-10-5-3-8-25(29)12-13-26-9-4-6-11-30(26)34;/h3-6,8-13,22-23H,7,14-21H2,1-2H3;1H.